The zero-order valence-corrected chi connectivity index (χ0v) is 37.5. The molecule has 4 aromatic rings. The van der Waals surface area contributed by atoms with Gasteiger partial charge in [0, 0.05) is 42.6 Å². The molecule has 0 bridgehead atoms. The molecule has 0 radical (unpaired) electrons. The number of hydrogen-bond donors (Lipinski definition) is 2. The van der Waals surface area contributed by atoms with Crippen LogP contribution in [0.15, 0.2) is 79.0 Å². The van der Waals surface area contributed by atoms with Gasteiger partial charge in [-0.2, -0.15) is 0 Å². The number of amides is 1. The fourth-order valence-corrected chi connectivity index (χ4v) is 6.79. The van der Waals surface area contributed by atoms with Crippen molar-refractivity contribution in [3.63, 3.8) is 0 Å². The second kappa shape index (κ2) is 30.3. The number of carbonyl (C=O) groups is 3. The van der Waals surface area contributed by atoms with Crippen molar-refractivity contribution >= 4 is 28.4 Å². The van der Waals surface area contributed by atoms with Gasteiger partial charge in [-0.3, -0.25) is 19.4 Å². The summed E-state index contributed by atoms with van der Waals surface area (Å²) in [5.41, 5.74) is 4.85. The molecule has 0 aliphatic rings. The molecule has 0 spiro atoms. The Balaban J connectivity index is 1.10. The first-order chi connectivity index (χ1) is 30.7. The third kappa shape index (κ3) is 21.0. The highest BCUT2D eigenvalue weighted by molar-refractivity contribution is 6.00. The Kier molecular flexibility index (Phi) is 24.5. The molecule has 2 N–H and O–H groups in total. The molecule has 0 saturated carbocycles. The summed E-state index contributed by atoms with van der Waals surface area (Å²) in [6, 6.07) is 23.6. The summed E-state index contributed by atoms with van der Waals surface area (Å²) in [5, 5.41) is 14.3. The minimum absolute atomic E-state index is 0.00959. The number of carboxylic acids is 1. The standard InChI is InChI=1S/C50H68N2O11/c1-38(2)19-21-57-22-23-58-24-25-59-26-27-60-28-29-61-30-31-62-32-33-63-48-17-16-45(46-9-5-6-10-47(46)48)41-14-12-40(13-15-41)42(36-50(55)56)35-44(53)37-52-49(54)11-7-4-8-43-34-39(3)18-20-51-43/h5-6,9-10,12-18,20,34,38,42H,4,7-8,11,19,21-33,35-37H2,1-3H3,(H,52,54)(H,55,56)/t42-/m0/s1. The van der Waals surface area contributed by atoms with Crippen LogP contribution in [-0.4, -0.2) is 120 Å². The summed E-state index contributed by atoms with van der Waals surface area (Å²) in [6.45, 7) is 12.9. The third-order valence-corrected chi connectivity index (χ3v) is 10.2. The number of nitrogens with one attached hydrogen (secondary N) is 1. The van der Waals surface area contributed by atoms with Crippen molar-refractivity contribution in [1.82, 2.24) is 10.3 Å². The van der Waals surface area contributed by atoms with Crippen LogP contribution >= 0.6 is 0 Å². The summed E-state index contributed by atoms with van der Waals surface area (Å²) in [5.74, 6) is -0.531. The van der Waals surface area contributed by atoms with E-state index in [0.717, 1.165) is 70.3 Å². The maximum Gasteiger partial charge on any atom is 0.303 e. The Morgan fingerprint density at radius 2 is 1.25 bits per heavy atom. The van der Waals surface area contributed by atoms with Crippen LogP contribution in [0.4, 0.5) is 0 Å². The molecular formula is C50H68N2O11. The number of benzene rings is 3. The number of rotatable bonds is 35. The number of fused-ring (bicyclic) bond motifs is 1. The molecule has 0 aliphatic heterocycles. The van der Waals surface area contributed by atoms with E-state index in [1.165, 1.54) is 0 Å². The summed E-state index contributed by atoms with van der Waals surface area (Å²) in [4.78, 5) is 41.5. The smallest absolute Gasteiger partial charge is 0.303 e. The summed E-state index contributed by atoms with van der Waals surface area (Å²) in [7, 11) is 0. The van der Waals surface area contributed by atoms with Crippen molar-refractivity contribution in [3.05, 3.63) is 95.8 Å². The second-order valence-corrected chi connectivity index (χ2v) is 15.8. The van der Waals surface area contributed by atoms with E-state index in [-0.39, 0.29) is 31.1 Å². The van der Waals surface area contributed by atoms with Crippen molar-refractivity contribution in [3.8, 4) is 16.9 Å². The molecule has 0 fully saturated rings. The maximum absolute atomic E-state index is 12.9. The molecule has 4 rings (SSSR count). The molecule has 0 aliphatic carbocycles. The van der Waals surface area contributed by atoms with Crippen molar-refractivity contribution in [2.24, 2.45) is 5.92 Å². The number of nitrogens with zero attached hydrogens (tertiary/aromatic N) is 1. The van der Waals surface area contributed by atoms with Gasteiger partial charge in [0.2, 0.25) is 5.91 Å². The molecular weight excluding hydrogens is 805 g/mol. The molecule has 0 saturated heterocycles. The van der Waals surface area contributed by atoms with E-state index in [2.05, 4.69) is 24.1 Å². The minimum Gasteiger partial charge on any atom is -0.491 e. The van der Waals surface area contributed by atoms with Crippen molar-refractivity contribution in [2.75, 3.05) is 92.4 Å². The average molecular weight is 873 g/mol. The molecule has 3 aromatic carbocycles. The number of carbonyl (C=O) groups excluding carboxylic acids is 2. The first-order valence-corrected chi connectivity index (χ1v) is 22.3. The van der Waals surface area contributed by atoms with E-state index in [1.54, 1.807) is 6.20 Å². The third-order valence-electron chi connectivity index (χ3n) is 10.2. The first-order valence-electron chi connectivity index (χ1n) is 22.3. The number of unbranched alkanes of at least 4 members (excludes halogenated alkanes) is 1. The lowest BCUT2D eigenvalue weighted by Gasteiger charge is -2.17. The number of aryl methyl sites for hydroxylation is 2. The predicted octanol–water partition coefficient (Wildman–Crippen LogP) is 7.78. The summed E-state index contributed by atoms with van der Waals surface area (Å²) >= 11 is 0. The van der Waals surface area contributed by atoms with Crippen LogP contribution in [0.25, 0.3) is 21.9 Å². The van der Waals surface area contributed by atoms with Crippen molar-refractivity contribution in [2.45, 2.75) is 71.6 Å². The fourth-order valence-electron chi connectivity index (χ4n) is 6.79. The van der Waals surface area contributed by atoms with Gasteiger partial charge in [-0.05, 0) is 84.4 Å². The summed E-state index contributed by atoms with van der Waals surface area (Å²) < 4.78 is 39.5. The quantitative estimate of drug-likeness (QED) is 0.0433. The molecule has 0 unspecified atom stereocenters. The zero-order chi connectivity index (χ0) is 44.9. The molecule has 1 atom stereocenters. The van der Waals surface area contributed by atoms with Gasteiger partial charge in [-0.15, -0.1) is 0 Å². The van der Waals surface area contributed by atoms with E-state index in [0.29, 0.717) is 98.0 Å². The van der Waals surface area contributed by atoms with Crippen LogP contribution in [0.1, 0.15) is 75.1 Å². The zero-order valence-electron chi connectivity index (χ0n) is 37.5. The Labute approximate surface area is 373 Å². The first kappa shape index (κ1) is 50.9. The lowest BCUT2D eigenvalue weighted by Crippen LogP contribution is -2.30. The highest BCUT2D eigenvalue weighted by Crippen LogP contribution is 2.35. The van der Waals surface area contributed by atoms with Gasteiger partial charge >= 0.3 is 5.97 Å². The molecule has 63 heavy (non-hydrogen) atoms. The van der Waals surface area contributed by atoms with E-state index in [1.807, 2.05) is 79.7 Å². The predicted molar refractivity (Wildman–Crippen MR) is 243 cm³/mol. The lowest BCUT2D eigenvalue weighted by atomic mass is 9.89. The van der Waals surface area contributed by atoms with Gasteiger partial charge < -0.3 is 43.6 Å². The van der Waals surface area contributed by atoms with Gasteiger partial charge in [-0.1, -0.05) is 68.4 Å². The van der Waals surface area contributed by atoms with Gasteiger partial charge in [0.25, 0.3) is 0 Å². The highest BCUT2D eigenvalue weighted by Gasteiger charge is 2.20. The van der Waals surface area contributed by atoms with Crippen LogP contribution in [0.2, 0.25) is 0 Å². The number of ether oxygens (including phenoxy) is 7. The molecule has 13 nitrogen and oxygen atoms in total. The number of aliphatic carboxylic acids is 1. The normalized spacial score (nSPS) is 11.9. The molecule has 13 heteroatoms. The Morgan fingerprint density at radius 3 is 1.84 bits per heavy atom. The molecule has 344 valence electrons. The van der Waals surface area contributed by atoms with Crippen LogP contribution in [0.3, 0.4) is 0 Å². The topological polar surface area (TPSA) is 161 Å². The van der Waals surface area contributed by atoms with E-state index < -0.39 is 11.9 Å². The number of Topliss-reactive ketones (excluding diaryl/α,β-unsaturated/α-hetero) is 1. The van der Waals surface area contributed by atoms with Crippen LogP contribution in [-0.2, 0) is 49.2 Å². The van der Waals surface area contributed by atoms with Gasteiger partial charge in [-0.25, -0.2) is 0 Å². The molecule has 1 heterocycles. The Bertz CT molecular complexity index is 1920. The van der Waals surface area contributed by atoms with Crippen molar-refractivity contribution in [1.29, 1.82) is 0 Å². The van der Waals surface area contributed by atoms with Crippen molar-refractivity contribution < 1.29 is 52.6 Å². The van der Waals surface area contributed by atoms with E-state index in [4.69, 9.17) is 33.2 Å². The minimum atomic E-state index is -0.990. The largest absolute Gasteiger partial charge is 0.491 e. The van der Waals surface area contributed by atoms with E-state index >= 15 is 0 Å². The van der Waals surface area contributed by atoms with Crippen LogP contribution < -0.4 is 10.1 Å². The van der Waals surface area contributed by atoms with Gasteiger partial charge in [0.1, 0.15) is 12.4 Å². The monoisotopic (exact) mass is 872 g/mol. The SMILES string of the molecule is Cc1ccnc(CCCCC(=O)NCC(=O)C[C@@H](CC(=O)O)c2ccc(-c3ccc(OCCOCCOCCOCCOCCOCCOCCC(C)C)c4ccccc34)cc2)c1. The lowest BCUT2D eigenvalue weighted by molar-refractivity contribution is -0.137. The van der Waals surface area contributed by atoms with Gasteiger partial charge in [0.15, 0.2) is 5.78 Å². The van der Waals surface area contributed by atoms with Crippen LogP contribution in [0, 0.1) is 12.8 Å². The van der Waals surface area contributed by atoms with Gasteiger partial charge in [0.05, 0.1) is 85.6 Å². The highest BCUT2D eigenvalue weighted by atomic mass is 16.6. The summed E-state index contributed by atoms with van der Waals surface area (Å²) in [6.07, 6.45) is 5.27. The Morgan fingerprint density at radius 1 is 0.667 bits per heavy atom. The number of pyridine rings is 1. The molecule has 1 aromatic heterocycles. The number of hydrogen-bond acceptors (Lipinski definition) is 11. The number of carboxylic acid groups (broad SMARTS) is 1. The van der Waals surface area contributed by atoms with Crippen LogP contribution in [0.5, 0.6) is 5.75 Å². The number of ketones is 1. The second-order valence-electron chi connectivity index (χ2n) is 15.8. The maximum atomic E-state index is 12.9. The molecule has 1 amide bonds. The van der Waals surface area contributed by atoms with E-state index in [9.17, 15) is 19.5 Å². The fraction of sp³-hybridized carbons (Fsp3) is 0.520. The number of aromatic nitrogens is 1. The average Bonchev–Trinajstić information content (AvgIpc) is 3.27. The Hall–Kier alpha value is -4.76.